The van der Waals surface area contributed by atoms with Crippen molar-refractivity contribution in [2.75, 3.05) is 13.1 Å². The highest BCUT2D eigenvalue weighted by Gasteiger charge is 2.22. The van der Waals surface area contributed by atoms with E-state index in [1.165, 1.54) is 16.2 Å². The maximum atomic E-state index is 12.0. The zero-order chi connectivity index (χ0) is 16.5. The molecular weight excluding hydrogens is 307 g/mol. The molecule has 0 fully saturated rings. The number of thiophene rings is 1. The van der Waals surface area contributed by atoms with Crippen molar-refractivity contribution in [3.05, 3.63) is 35.0 Å². The van der Waals surface area contributed by atoms with Gasteiger partial charge in [-0.1, -0.05) is 6.58 Å². The van der Waals surface area contributed by atoms with Crippen molar-refractivity contribution < 1.29 is 24.3 Å². The lowest BCUT2D eigenvalue weighted by atomic mass is 10.2. The van der Waals surface area contributed by atoms with E-state index in [1.54, 1.807) is 6.92 Å². The minimum absolute atomic E-state index is 0.160. The molecule has 1 heterocycles. The molecule has 1 atom stereocenters. The molecule has 0 radical (unpaired) electrons. The van der Waals surface area contributed by atoms with Crippen molar-refractivity contribution in [3.8, 4) is 0 Å². The molecule has 0 saturated heterocycles. The van der Waals surface area contributed by atoms with Gasteiger partial charge in [-0.25, -0.2) is 0 Å². The number of carbonyl (C=O) groups is 2. The highest BCUT2D eigenvalue weighted by molar-refractivity contribution is 7.07. The van der Waals surface area contributed by atoms with E-state index in [1.807, 2.05) is 16.8 Å². The molecule has 9 heteroatoms. The van der Waals surface area contributed by atoms with Gasteiger partial charge in [-0.05, 0) is 35.4 Å². The topological polar surface area (TPSA) is 99.1 Å². The fourth-order valence-corrected chi connectivity index (χ4v) is 2.46. The van der Waals surface area contributed by atoms with Crippen LogP contribution in [-0.4, -0.2) is 53.4 Å². The average Bonchev–Trinajstić information content (AvgIpc) is 2.95. The van der Waals surface area contributed by atoms with Crippen LogP contribution in [0.25, 0.3) is 0 Å². The van der Waals surface area contributed by atoms with Gasteiger partial charge in [0.15, 0.2) is 0 Å². The van der Waals surface area contributed by atoms with E-state index in [0.29, 0.717) is 6.54 Å². The Morgan fingerprint density at radius 3 is 2.82 bits per heavy atom. The summed E-state index contributed by atoms with van der Waals surface area (Å²) < 4.78 is 4.86. The van der Waals surface area contributed by atoms with Gasteiger partial charge < -0.3 is 24.9 Å². The number of rotatable bonds is 9. The van der Waals surface area contributed by atoms with Crippen LogP contribution in [0.3, 0.4) is 0 Å². The SMILES string of the molecule is C=CC(=O)N(CC)CC(=O)N[C@H](Cc1ccsc1)OB(O)O. The Morgan fingerprint density at radius 2 is 2.32 bits per heavy atom. The number of nitrogens with one attached hydrogen (secondary N) is 1. The predicted molar refractivity (Wildman–Crippen MR) is 83.7 cm³/mol. The summed E-state index contributed by atoms with van der Waals surface area (Å²) in [6.45, 7) is 5.31. The molecule has 2 amide bonds. The first-order chi connectivity index (χ1) is 10.5. The fraction of sp³-hybridized carbons (Fsp3) is 0.385. The number of carbonyl (C=O) groups excluding carboxylic acids is 2. The second kappa shape index (κ2) is 9.36. The molecule has 0 bridgehead atoms. The Hall–Kier alpha value is -1.68. The monoisotopic (exact) mass is 326 g/mol. The molecular formula is C13H19BN2O5S. The second-order valence-corrected chi connectivity index (χ2v) is 5.19. The first-order valence-electron chi connectivity index (χ1n) is 6.69. The van der Waals surface area contributed by atoms with Crippen molar-refractivity contribution >= 4 is 30.5 Å². The van der Waals surface area contributed by atoms with Gasteiger partial charge in [0.05, 0.1) is 6.54 Å². The summed E-state index contributed by atoms with van der Waals surface area (Å²) >= 11 is 1.48. The first kappa shape index (κ1) is 18.4. The third kappa shape index (κ3) is 6.40. The highest BCUT2D eigenvalue weighted by Crippen LogP contribution is 2.09. The van der Waals surface area contributed by atoms with Gasteiger partial charge in [-0.2, -0.15) is 11.3 Å². The van der Waals surface area contributed by atoms with Crippen LogP contribution in [0.5, 0.6) is 0 Å². The van der Waals surface area contributed by atoms with E-state index in [4.69, 9.17) is 14.7 Å². The van der Waals surface area contributed by atoms with Crippen LogP contribution >= 0.6 is 11.3 Å². The van der Waals surface area contributed by atoms with Crippen LogP contribution in [0.15, 0.2) is 29.5 Å². The van der Waals surface area contributed by atoms with Crippen LogP contribution in [0, 0.1) is 0 Å². The summed E-state index contributed by atoms with van der Waals surface area (Å²) in [7, 11) is -2.00. The molecule has 0 unspecified atom stereocenters. The lowest BCUT2D eigenvalue weighted by Crippen LogP contribution is -2.47. The summed E-state index contributed by atoms with van der Waals surface area (Å²) in [5.74, 6) is -0.812. The molecule has 0 spiro atoms. The van der Waals surface area contributed by atoms with Crippen molar-refractivity contribution in [2.24, 2.45) is 0 Å². The molecule has 0 aromatic carbocycles. The quantitative estimate of drug-likeness (QED) is 0.330. The Balaban J connectivity index is 2.61. The fourth-order valence-electron chi connectivity index (χ4n) is 1.78. The van der Waals surface area contributed by atoms with E-state index in [2.05, 4.69) is 11.9 Å². The van der Waals surface area contributed by atoms with Gasteiger partial charge >= 0.3 is 7.32 Å². The molecule has 120 valence electrons. The molecule has 7 nitrogen and oxygen atoms in total. The van der Waals surface area contributed by atoms with Crippen molar-refractivity contribution in [1.29, 1.82) is 0 Å². The van der Waals surface area contributed by atoms with Crippen LogP contribution in [0.2, 0.25) is 0 Å². The molecule has 1 aromatic rings. The maximum Gasteiger partial charge on any atom is 0.635 e. The third-order valence-corrected chi connectivity index (χ3v) is 3.54. The summed E-state index contributed by atoms with van der Waals surface area (Å²) in [5.41, 5.74) is 0.894. The normalized spacial score (nSPS) is 11.6. The number of hydrogen-bond donors (Lipinski definition) is 3. The molecule has 22 heavy (non-hydrogen) atoms. The van der Waals surface area contributed by atoms with E-state index >= 15 is 0 Å². The minimum atomic E-state index is -2.00. The van der Waals surface area contributed by atoms with Crippen LogP contribution < -0.4 is 5.32 Å². The van der Waals surface area contributed by atoms with Gasteiger partial charge in [0.25, 0.3) is 0 Å². The van der Waals surface area contributed by atoms with E-state index in [0.717, 1.165) is 11.6 Å². The van der Waals surface area contributed by atoms with Crippen LogP contribution in [0.1, 0.15) is 12.5 Å². The average molecular weight is 326 g/mol. The smallest absolute Gasteiger partial charge is 0.402 e. The summed E-state index contributed by atoms with van der Waals surface area (Å²) in [4.78, 5) is 24.8. The van der Waals surface area contributed by atoms with Crippen LogP contribution in [-0.2, 0) is 20.7 Å². The Bertz CT molecular complexity index is 495. The molecule has 0 aliphatic carbocycles. The lowest BCUT2D eigenvalue weighted by molar-refractivity contribution is -0.133. The van der Waals surface area contributed by atoms with Crippen molar-refractivity contribution in [1.82, 2.24) is 10.2 Å². The van der Waals surface area contributed by atoms with Gasteiger partial charge in [-0.3, -0.25) is 9.59 Å². The third-order valence-electron chi connectivity index (χ3n) is 2.81. The maximum absolute atomic E-state index is 12.0. The van der Waals surface area contributed by atoms with E-state index in [-0.39, 0.29) is 18.9 Å². The Kier molecular flexibility index (Phi) is 7.82. The summed E-state index contributed by atoms with van der Waals surface area (Å²) in [5, 5.41) is 24.1. The number of amides is 2. The molecule has 0 aliphatic heterocycles. The highest BCUT2D eigenvalue weighted by atomic mass is 32.1. The second-order valence-electron chi connectivity index (χ2n) is 4.41. The number of hydrogen-bond acceptors (Lipinski definition) is 6. The molecule has 0 saturated carbocycles. The van der Waals surface area contributed by atoms with Gasteiger partial charge in [0, 0.05) is 13.0 Å². The zero-order valence-corrected chi connectivity index (χ0v) is 13.1. The number of nitrogens with zero attached hydrogens (tertiary/aromatic N) is 1. The standard InChI is InChI=1S/C13H19BN2O5S/c1-3-13(18)16(4-2)8-11(17)15-12(21-14(19)20)7-10-5-6-22-9-10/h3,5-6,9,12,19-20H,1,4,7-8H2,2H3,(H,15,17)/t12-/m0/s1. The molecule has 0 aliphatic rings. The number of likely N-dealkylation sites (N-methyl/N-ethyl adjacent to an activating group) is 1. The van der Waals surface area contributed by atoms with Gasteiger partial charge in [0.2, 0.25) is 11.8 Å². The zero-order valence-electron chi connectivity index (χ0n) is 12.3. The van der Waals surface area contributed by atoms with E-state index < -0.39 is 19.5 Å². The largest absolute Gasteiger partial charge is 0.635 e. The lowest BCUT2D eigenvalue weighted by Gasteiger charge is -2.22. The molecule has 1 rings (SSSR count). The molecule has 1 aromatic heterocycles. The Morgan fingerprint density at radius 1 is 1.59 bits per heavy atom. The Labute approximate surface area is 133 Å². The van der Waals surface area contributed by atoms with Crippen LogP contribution in [0.4, 0.5) is 0 Å². The summed E-state index contributed by atoms with van der Waals surface area (Å²) in [6.07, 6.45) is 0.516. The van der Waals surface area contributed by atoms with E-state index in [9.17, 15) is 9.59 Å². The van der Waals surface area contributed by atoms with Gasteiger partial charge in [-0.15, -0.1) is 0 Å². The predicted octanol–water partition coefficient (Wildman–Crippen LogP) is -0.246. The minimum Gasteiger partial charge on any atom is -0.402 e. The summed E-state index contributed by atoms with van der Waals surface area (Å²) in [6, 6.07) is 1.84. The van der Waals surface area contributed by atoms with Gasteiger partial charge in [0.1, 0.15) is 6.23 Å². The molecule has 3 N–H and O–H groups in total. The first-order valence-corrected chi connectivity index (χ1v) is 7.64. The van der Waals surface area contributed by atoms with Crippen molar-refractivity contribution in [2.45, 2.75) is 19.6 Å². The van der Waals surface area contributed by atoms with Crippen molar-refractivity contribution in [3.63, 3.8) is 0 Å².